The summed E-state index contributed by atoms with van der Waals surface area (Å²) in [4.78, 5) is 2.19. The van der Waals surface area contributed by atoms with Gasteiger partial charge in [-0.3, -0.25) is 0 Å². The van der Waals surface area contributed by atoms with E-state index in [4.69, 9.17) is 5.73 Å². The third-order valence-corrected chi connectivity index (χ3v) is 4.08. The summed E-state index contributed by atoms with van der Waals surface area (Å²) in [6, 6.07) is 7.47. The summed E-state index contributed by atoms with van der Waals surface area (Å²) >= 11 is 1.61. The molecule has 1 aromatic heterocycles. The highest BCUT2D eigenvalue weighted by Gasteiger charge is 2.15. The minimum Gasteiger partial charge on any atom is -0.508 e. The lowest BCUT2D eigenvalue weighted by molar-refractivity contribution is 0.465. The number of rotatable bonds is 5. The first-order chi connectivity index (χ1) is 9.17. The summed E-state index contributed by atoms with van der Waals surface area (Å²) in [5.41, 5.74) is 9.03. The molecule has 0 saturated heterocycles. The number of thiophene rings is 1. The molecular formula is C15H21ClN2OS. The van der Waals surface area contributed by atoms with Gasteiger partial charge in [0, 0.05) is 30.4 Å². The van der Waals surface area contributed by atoms with Gasteiger partial charge in [-0.25, -0.2) is 0 Å². The summed E-state index contributed by atoms with van der Waals surface area (Å²) in [6.45, 7) is 6.05. The lowest BCUT2D eigenvalue weighted by Crippen LogP contribution is -2.21. The molecule has 20 heavy (non-hydrogen) atoms. The molecule has 1 atom stereocenters. The lowest BCUT2D eigenvalue weighted by Gasteiger charge is -2.22. The zero-order chi connectivity index (χ0) is 13.8. The average molecular weight is 313 g/mol. The molecule has 0 aliphatic heterocycles. The minimum atomic E-state index is -0.267. The topological polar surface area (TPSA) is 49.5 Å². The van der Waals surface area contributed by atoms with Gasteiger partial charge in [-0.1, -0.05) is 6.07 Å². The maximum absolute atomic E-state index is 10.2. The molecule has 1 aromatic carbocycles. The summed E-state index contributed by atoms with van der Waals surface area (Å²) in [7, 11) is 0. The van der Waals surface area contributed by atoms with Crippen molar-refractivity contribution >= 4 is 29.4 Å². The fourth-order valence-corrected chi connectivity index (χ4v) is 2.91. The summed E-state index contributed by atoms with van der Waals surface area (Å²) in [5.74, 6) is 0.267. The third kappa shape index (κ3) is 3.45. The van der Waals surface area contributed by atoms with Crippen LogP contribution in [0.15, 0.2) is 35.0 Å². The second-order valence-corrected chi connectivity index (χ2v) is 5.23. The number of hydrogen-bond acceptors (Lipinski definition) is 4. The van der Waals surface area contributed by atoms with Crippen LogP contribution in [0.5, 0.6) is 5.75 Å². The molecule has 0 aliphatic carbocycles. The van der Waals surface area contributed by atoms with E-state index in [1.54, 1.807) is 17.4 Å². The van der Waals surface area contributed by atoms with E-state index in [9.17, 15) is 5.11 Å². The molecule has 0 amide bonds. The molecule has 2 rings (SSSR count). The first-order valence-corrected chi connectivity index (χ1v) is 7.47. The number of phenolic OH excluding ortho intramolecular Hbond substituents is 1. The molecule has 110 valence electrons. The van der Waals surface area contributed by atoms with Crippen molar-refractivity contribution in [2.75, 3.05) is 18.0 Å². The molecular weight excluding hydrogens is 292 g/mol. The first kappa shape index (κ1) is 16.8. The second kappa shape index (κ2) is 7.53. The summed E-state index contributed by atoms with van der Waals surface area (Å²) < 4.78 is 0. The number of hydrogen-bond donors (Lipinski definition) is 2. The van der Waals surface area contributed by atoms with E-state index in [0.717, 1.165) is 29.9 Å². The molecule has 0 unspecified atom stereocenters. The van der Waals surface area contributed by atoms with Gasteiger partial charge in [-0.15, -0.1) is 12.4 Å². The van der Waals surface area contributed by atoms with Crippen molar-refractivity contribution in [3.63, 3.8) is 0 Å². The van der Waals surface area contributed by atoms with E-state index in [-0.39, 0.29) is 24.2 Å². The molecule has 0 saturated carbocycles. The van der Waals surface area contributed by atoms with E-state index >= 15 is 0 Å². The summed E-state index contributed by atoms with van der Waals surface area (Å²) in [6.07, 6.45) is 0. The van der Waals surface area contributed by atoms with Gasteiger partial charge in [-0.05, 0) is 42.3 Å². The Morgan fingerprint density at radius 2 is 1.95 bits per heavy atom. The van der Waals surface area contributed by atoms with Crippen molar-refractivity contribution < 1.29 is 5.11 Å². The Labute approximate surface area is 130 Å². The van der Waals surface area contributed by atoms with E-state index in [1.165, 1.54) is 0 Å². The highest BCUT2D eigenvalue weighted by Crippen LogP contribution is 2.31. The summed E-state index contributed by atoms with van der Waals surface area (Å²) in [5, 5.41) is 14.2. The molecule has 5 heteroatoms. The van der Waals surface area contributed by atoms with Gasteiger partial charge >= 0.3 is 0 Å². The number of nitrogens with zero attached hydrogens (tertiary/aromatic N) is 1. The second-order valence-electron chi connectivity index (χ2n) is 4.45. The molecule has 0 spiro atoms. The third-order valence-electron chi connectivity index (χ3n) is 3.38. The highest BCUT2D eigenvalue weighted by molar-refractivity contribution is 7.08. The predicted octanol–water partition coefficient (Wildman–Crippen LogP) is 3.77. The van der Waals surface area contributed by atoms with Gasteiger partial charge in [-0.2, -0.15) is 11.3 Å². The van der Waals surface area contributed by atoms with Crippen LogP contribution in [0.3, 0.4) is 0 Å². The standard InChI is InChI=1S/C15H20N2OS.ClH/c1-3-17(4-2)12-5-6-13(14(18)9-12)15(16)11-7-8-19-10-11;/h5-10,15,18H,3-4,16H2,1-2H3;1H/t15-;/m1./s1. The quantitative estimate of drug-likeness (QED) is 0.883. The van der Waals surface area contributed by atoms with Crippen LogP contribution in [0.2, 0.25) is 0 Å². The van der Waals surface area contributed by atoms with Gasteiger partial charge in [0.05, 0.1) is 6.04 Å². The Kier molecular flexibility index (Phi) is 6.33. The van der Waals surface area contributed by atoms with Crippen LogP contribution in [0.4, 0.5) is 5.69 Å². The van der Waals surface area contributed by atoms with Crippen LogP contribution in [-0.2, 0) is 0 Å². The van der Waals surface area contributed by atoms with E-state index < -0.39 is 0 Å². The van der Waals surface area contributed by atoms with Crippen molar-refractivity contribution in [3.8, 4) is 5.75 Å². The molecule has 0 radical (unpaired) electrons. The Bertz CT molecular complexity index is 527. The number of anilines is 1. The molecule has 1 heterocycles. The number of halogens is 1. The smallest absolute Gasteiger partial charge is 0.122 e. The molecule has 3 nitrogen and oxygen atoms in total. The Balaban J connectivity index is 0.00000200. The van der Waals surface area contributed by atoms with Gasteiger partial charge in [0.25, 0.3) is 0 Å². The Morgan fingerprint density at radius 1 is 1.25 bits per heavy atom. The van der Waals surface area contributed by atoms with Crippen molar-refractivity contribution in [3.05, 3.63) is 46.2 Å². The molecule has 0 bridgehead atoms. The fraction of sp³-hybridized carbons (Fsp3) is 0.333. The van der Waals surface area contributed by atoms with Gasteiger partial charge in [0.2, 0.25) is 0 Å². The van der Waals surface area contributed by atoms with E-state index in [1.807, 2.05) is 29.0 Å². The predicted molar refractivity (Wildman–Crippen MR) is 89.3 cm³/mol. The van der Waals surface area contributed by atoms with Crippen molar-refractivity contribution in [1.29, 1.82) is 0 Å². The van der Waals surface area contributed by atoms with Gasteiger partial charge < -0.3 is 15.7 Å². The molecule has 0 fully saturated rings. The minimum absolute atomic E-state index is 0. The van der Waals surface area contributed by atoms with Crippen LogP contribution in [0, 0.1) is 0 Å². The Morgan fingerprint density at radius 3 is 2.45 bits per heavy atom. The van der Waals surface area contributed by atoms with Gasteiger partial charge in [0.15, 0.2) is 0 Å². The van der Waals surface area contributed by atoms with Crippen LogP contribution in [0.1, 0.15) is 31.0 Å². The van der Waals surface area contributed by atoms with Crippen LogP contribution in [0.25, 0.3) is 0 Å². The fourth-order valence-electron chi connectivity index (χ4n) is 2.21. The van der Waals surface area contributed by atoms with E-state index in [2.05, 4.69) is 18.7 Å². The number of aromatic hydroxyl groups is 1. The van der Waals surface area contributed by atoms with Crippen molar-refractivity contribution in [2.45, 2.75) is 19.9 Å². The van der Waals surface area contributed by atoms with Crippen LogP contribution < -0.4 is 10.6 Å². The normalized spacial score (nSPS) is 11.8. The first-order valence-electron chi connectivity index (χ1n) is 6.52. The lowest BCUT2D eigenvalue weighted by atomic mass is 10.0. The maximum Gasteiger partial charge on any atom is 0.122 e. The SMILES string of the molecule is CCN(CC)c1ccc([C@H](N)c2ccsc2)c(O)c1.Cl. The highest BCUT2D eigenvalue weighted by atomic mass is 35.5. The molecule has 0 aliphatic rings. The van der Waals surface area contributed by atoms with Crippen LogP contribution in [-0.4, -0.2) is 18.2 Å². The maximum atomic E-state index is 10.2. The van der Waals surface area contributed by atoms with Crippen molar-refractivity contribution in [2.24, 2.45) is 5.73 Å². The van der Waals surface area contributed by atoms with E-state index in [0.29, 0.717) is 0 Å². The zero-order valence-corrected chi connectivity index (χ0v) is 13.4. The molecule has 2 aromatic rings. The van der Waals surface area contributed by atoms with Crippen molar-refractivity contribution in [1.82, 2.24) is 0 Å². The number of nitrogens with two attached hydrogens (primary N) is 1. The van der Waals surface area contributed by atoms with Crippen LogP contribution >= 0.6 is 23.7 Å². The van der Waals surface area contributed by atoms with Gasteiger partial charge in [0.1, 0.15) is 5.75 Å². The number of benzene rings is 1. The monoisotopic (exact) mass is 312 g/mol. The molecule has 3 N–H and O–H groups in total. The number of phenols is 1. The Hall–Kier alpha value is -1.23. The zero-order valence-electron chi connectivity index (χ0n) is 11.7. The average Bonchev–Trinajstić information content (AvgIpc) is 2.93. The largest absolute Gasteiger partial charge is 0.508 e.